The maximum atomic E-state index is 4.51. The minimum absolute atomic E-state index is 0. The van der Waals surface area contributed by atoms with Crippen molar-refractivity contribution in [3.8, 4) is 0 Å². The van der Waals surface area contributed by atoms with Crippen LogP contribution < -0.4 is 0 Å². The van der Waals surface area contributed by atoms with Gasteiger partial charge in [0.25, 0.3) is 0 Å². The Morgan fingerprint density at radius 2 is 0.968 bits per heavy atom. The molecular formula is C27H43IrN2O. The van der Waals surface area contributed by atoms with E-state index in [9.17, 15) is 0 Å². The molecule has 176 valence electrons. The molecule has 0 saturated heterocycles. The number of likely N-dealkylation sites (N-methyl/N-ethyl adjacent to an activating group) is 2. The van der Waals surface area contributed by atoms with Gasteiger partial charge in [0.1, 0.15) is 0 Å². The van der Waals surface area contributed by atoms with E-state index in [4.69, 9.17) is 0 Å². The molecule has 0 amide bonds. The third kappa shape index (κ3) is 8.11. The van der Waals surface area contributed by atoms with Crippen LogP contribution in [0.3, 0.4) is 0 Å². The molecule has 2 aromatic carbocycles. The minimum atomic E-state index is 0. The van der Waals surface area contributed by atoms with E-state index < -0.39 is 0 Å². The summed E-state index contributed by atoms with van der Waals surface area (Å²) in [5, 5.41) is 9.02. The number of rotatable bonds is 5. The van der Waals surface area contributed by atoms with Gasteiger partial charge < -0.3 is 22.0 Å². The van der Waals surface area contributed by atoms with Crippen molar-refractivity contribution in [2.75, 3.05) is 14.1 Å². The molecule has 3 rings (SSSR count). The Bertz CT molecular complexity index is 592. The van der Waals surface area contributed by atoms with Crippen LogP contribution in [0.2, 0.25) is 0 Å². The van der Waals surface area contributed by atoms with E-state index >= 15 is 0 Å². The summed E-state index contributed by atoms with van der Waals surface area (Å²) in [7, 11) is 3.72. The molecule has 2 N–H and O–H groups in total. The zero-order valence-electron chi connectivity index (χ0n) is 19.5. The summed E-state index contributed by atoms with van der Waals surface area (Å²) >= 11 is 0. The van der Waals surface area contributed by atoms with Gasteiger partial charge in [0.05, 0.1) is 0 Å². The van der Waals surface area contributed by atoms with Gasteiger partial charge in [-0.1, -0.05) is 119 Å². The normalized spacial score (nSPS) is 24.4. The van der Waals surface area contributed by atoms with E-state index in [2.05, 4.69) is 69.5 Å². The standard InChI is InChI=1S/C16H18N2.C10H19.CH4.Ir.H2O/c1-17-15(13-9-5-3-6-10-13)16(18-2)14-11-7-4-8-12-14;1-6-7(2)9(4)10(5)8(6)3;;;/h3-12,15-16H,1-2H3;6-9H,1-5H3;1H4;;1H2/q-2;-1;;+3;/t15-,16?;;;;/m1..../s1. The van der Waals surface area contributed by atoms with E-state index in [-0.39, 0.29) is 45.1 Å². The van der Waals surface area contributed by atoms with Crippen LogP contribution >= 0.6 is 0 Å². The Balaban J connectivity index is 0. The monoisotopic (exact) mass is 604 g/mol. The van der Waals surface area contributed by atoms with Gasteiger partial charge in [0.15, 0.2) is 0 Å². The number of hydrogen-bond donors (Lipinski definition) is 0. The summed E-state index contributed by atoms with van der Waals surface area (Å²) in [5.74, 6) is 5.21. The van der Waals surface area contributed by atoms with Crippen molar-refractivity contribution in [2.24, 2.45) is 23.7 Å². The van der Waals surface area contributed by atoms with E-state index in [0.29, 0.717) is 0 Å². The van der Waals surface area contributed by atoms with Gasteiger partial charge in [-0.25, -0.2) is 0 Å². The summed E-state index contributed by atoms with van der Waals surface area (Å²) in [4.78, 5) is 0. The van der Waals surface area contributed by atoms with Crippen molar-refractivity contribution in [2.45, 2.75) is 54.1 Å². The molecule has 2 aromatic rings. The number of hydrogen-bond acceptors (Lipinski definition) is 0. The molecule has 0 spiro atoms. The topological polar surface area (TPSA) is 59.7 Å². The summed E-state index contributed by atoms with van der Waals surface area (Å²) in [6, 6.07) is 20.8. The van der Waals surface area contributed by atoms with E-state index in [0.717, 1.165) is 23.7 Å². The molecule has 6 atom stereocenters. The summed E-state index contributed by atoms with van der Waals surface area (Å²) in [6.07, 6.45) is 0. The molecule has 1 aliphatic carbocycles. The van der Waals surface area contributed by atoms with Crippen LogP contribution in [0.5, 0.6) is 0 Å². The molecule has 0 radical (unpaired) electrons. The first-order valence-electron chi connectivity index (χ1n) is 10.5. The largest absolute Gasteiger partial charge is 3.00 e. The van der Waals surface area contributed by atoms with Crippen molar-refractivity contribution in [1.29, 1.82) is 0 Å². The molecule has 0 bridgehead atoms. The van der Waals surface area contributed by atoms with Crippen molar-refractivity contribution in [3.05, 3.63) is 88.3 Å². The minimum Gasteiger partial charge on any atom is -0.659 e. The second-order valence-electron chi connectivity index (χ2n) is 8.27. The Hall–Kier alpha value is -1.03. The van der Waals surface area contributed by atoms with Crippen LogP contribution in [0.1, 0.15) is 65.3 Å². The first kappa shape index (κ1) is 32.2. The zero-order chi connectivity index (χ0) is 20.7. The van der Waals surface area contributed by atoms with Crippen molar-refractivity contribution in [3.63, 3.8) is 0 Å². The average Bonchev–Trinajstić information content (AvgIpc) is 2.91. The summed E-state index contributed by atoms with van der Waals surface area (Å²) < 4.78 is 0. The first-order valence-corrected chi connectivity index (χ1v) is 10.5. The second-order valence-corrected chi connectivity index (χ2v) is 8.27. The van der Waals surface area contributed by atoms with Gasteiger partial charge in [-0.3, -0.25) is 0 Å². The third-order valence-corrected chi connectivity index (χ3v) is 6.98. The van der Waals surface area contributed by atoms with E-state index in [1.165, 1.54) is 11.1 Å². The summed E-state index contributed by atoms with van der Waals surface area (Å²) in [5.41, 5.74) is 2.42. The SMILES string of the molecule is C.C[C-]1C(C)C(C)C(C)C1C.C[N-]C(c1ccccc1)[C@H]([N-]C)c1ccccc1.O.[Ir+3]. The maximum absolute atomic E-state index is 4.51. The fraction of sp³-hybridized carbons (Fsp3) is 0.519. The van der Waals surface area contributed by atoms with Crippen molar-refractivity contribution < 1.29 is 25.6 Å². The molecule has 4 heteroatoms. The van der Waals surface area contributed by atoms with E-state index in [1.807, 2.05) is 50.5 Å². The van der Waals surface area contributed by atoms with Crippen LogP contribution in [0, 0.1) is 29.6 Å². The van der Waals surface area contributed by atoms with Crippen LogP contribution in [0.25, 0.3) is 10.6 Å². The van der Waals surface area contributed by atoms with Gasteiger partial charge in [-0.05, 0) is 0 Å². The molecule has 0 aromatic heterocycles. The fourth-order valence-electron chi connectivity index (χ4n) is 4.40. The predicted molar refractivity (Wildman–Crippen MR) is 133 cm³/mol. The van der Waals surface area contributed by atoms with Crippen molar-refractivity contribution in [1.82, 2.24) is 0 Å². The number of benzene rings is 2. The second kappa shape index (κ2) is 15.7. The zero-order valence-corrected chi connectivity index (χ0v) is 21.9. The Morgan fingerprint density at radius 3 is 1.16 bits per heavy atom. The maximum Gasteiger partial charge on any atom is 3.00 e. The van der Waals surface area contributed by atoms with Crippen LogP contribution in [0.15, 0.2) is 60.7 Å². The average molecular weight is 604 g/mol. The molecule has 0 aliphatic heterocycles. The number of nitrogens with zero attached hydrogens (tertiary/aromatic N) is 2. The predicted octanol–water partition coefficient (Wildman–Crippen LogP) is 7.42. The molecule has 1 saturated carbocycles. The Labute approximate surface area is 205 Å². The van der Waals surface area contributed by atoms with Crippen molar-refractivity contribution >= 4 is 0 Å². The molecular weight excluding hydrogens is 561 g/mol. The van der Waals surface area contributed by atoms with Crippen LogP contribution in [-0.2, 0) is 20.1 Å². The van der Waals surface area contributed by atoms with Gasteiger partial charge in [-0.2, -0.15) is 32.9 Å². The Kier molecular flexibility index (Phi) is 16.3. The van der Waals surface area contributed by atoms with Gasteiger partial charge in [0.2, 0.25) is 0 Å². The molecule has 0 heterocycles. The smallest absolute Gasteiger partial charge is 0.659 e. The first-order chi connectivity index (χ1) is 13.4. The molecule has 3 nitrogen and oxygen atoms in total. The molecule has 5 unspecified atom stereocenters. The van der Waals surface area contributed by atoms with Crippen LogP contribution in [-0.4, -0.2) is 19.6 Å². The summed E-state index contributed by atoms with van der Waals surface area (Å²) in [6.45, 7) is 11.8. The Morgan fingerprint density at radius 1 is 0.677 bits per heavy atom. The van der Waals surface area contributed by atoms with Gasteiger partial charge in [-0.15, -0.1) is 12.1 Å². The van der Waals surface area contributed by atoms with E-state index in [1.54, 1.807) is 5.92 Å². The van der Waals surface area contributed by atoms with Crippen LogP contribution in [0.4, 0.5) is 0 Å². The van der Waals surface area contributed by atoms with Gasteiger partial charge in [0, 0.05) is 0 Å². The quantitative estimate of drug-likeness (QED) is 0.319. The fourth-order valence-corrected chi connectivity index (χ4v) is 4.40. The van der Waals surface area contributed by atoms with Gasteiger partial charge >= 0.3 is 20.1 Å². The molecule has 1 fully saturated rings. The third-order valence-electron chi connectivity index (χ3n) is 6.98. The molecule has 31 heavy (non-hydrogen) atoms. The molecule has 1 aliphatic rings.